The van der Waals surface area contributed by atoms with E-state index in [1.54, 1.807) is 0 Å². The van der Waals surface area contributed by atoms with Crippen molar-refractivity contribution in [3.8, 4) is 0 Å². The Kier molecular flexibility index (Phi) is 3.08. The van der Waals surface area contributed by atoms with Gasteiger partial charge in [0.2, 0.25) is 5.91 Å². The molecule has 0 bridgehead atoms. The Morgan fingerprint density at radius 2 is 2.18 bits per heavy atom. The number of likely N-dealkylation sites (N-methyl/N-ethyl adjacent to an activating group) is 1. The van der Waals surface area contributed by atoms with Crippen LogP contribution in [0.1, 0.15) is 12.5 Å². The predicted molar refractivity (Wildman–Crippen MR) is 88.5 cm³/mol. The minimum atomic E-state index is -0.0621. The number of hydrogen-bond acceptors (Lipinski definition) is 2. The molecule has 0 saturated heterocycles. The van der Waals surface area contributed by atoms with Crippen LogP contribution in [0.15, 0.2) is 36.5 Å². The zero-order chi connectivity index (χ0) is 15.3. The van der Waals surface area contributed by atoms with Crippen LogP contribution in [-0.2, 0) is 11.3 Å². The molecule has 0 aliphatic carbocycles. The summed E-state index contributed by atoms with van der Waals surface area (Å²) in [5, 5.41) is 4.23. The Bertz CT molecular complexity index is 774. The maximum Gasteiger partial charge on any atom is 0.228 e. The fraction of sp³-hybridized carbons (Fsp3) is 0.389. The van der Waals surface area contributed by atoms with Gasteiger partial charge in [-0.1, -0.05) is 24.3 Å². The summed E-state index contributed by atoms with van der Waals surface area (Å²) in [7, 11) is 2.12. The highest BCUT2D eigenvalue weighted by Crippen LogP contribution is 2.38. The van der Waals surface area contributed by atoms with Crippen LogP contribution in [0, 0.1) is 5.92 Å². The van der Waals surface area contributed by atoms with Gasteiger partial charge >= 0.3 is 0 Å². The van der Waals surface area contributed by atoms with E-state index < -0.39 is 0 Å². The van der Waals surface area contributed by atoms with Crippen molar-refractivity contribution in [3.63, 3.8) is 0 Å². The summed E-state index contributed by atoms with van der Waals surface area (Å²) < 4.78 is 2.34. The Morgan fingerprint density at radius 1 is 1.32 bits per heavy atom. The molecule has 22 heavy (non-hydrogen) atoms. The van der Waals surface area contributed by atoms with Gasteiger partial charge in [-0.25, -0.2) is 0 Å². The smallest absolute Gasteiger partial charge is 0.228 e. The monoisotopic (exact) mass is 295 g/mol. The van der Waals surface area contributed by atoms with Gasteiger partial charge in [-0.2, -0.15) is 0 Å². The van der Waals surface area contributed by atoms with Crippen molar-refractivity contribution in [2.75, 3.05) is 20.1 Å². The first-order valence-corrected chi connectivity index (χ1v) is 7.97. The third-order valence-corrected chi connectivity index (χ3v) is 4.91. The number of aromatic nitrogens is 1. The molecule has 4 heteroatoms. The molecule has 0 saturated carbocycles. The highest BCUT2D eigenvalue weighted by Gasteiger charge is 2.34. The van der Waals surface area contributed by atoms with E-state index >= 15 is 0 Å². The van der Waals surface area contributed by atoms with Crippen LogP contribution in [0.25, 0.3) is 16.5 Å². The number of hydrogen-bond donors (Lipinski definition) is 1. The minimum Gasteiger partial charge on any atom is -0.356 e. The van der Waals surface area contributed by atoms with E-state index in [0.29, 0.717) is 12.6 Å². The summed E-state index contributed by atoms with van der Waals surface area (Å²) in [6, 6.07) is 8.99. The van der Waals surface area contributed by atoms with E-state index in [2.05, 4.69) is 58.4 Å². The molecule has 114 valence electrons. The summed E-state index contributed by atoms with van der Waals surface area (Å²) in [6.45, 7) is 4.40. The Morgan fingerprint density at radius 3 is 3.00 bits per heavy atom. The van der Waals surface area contributed by atoms with E-state index in [-0.39, 0.29) is 11.8 Å². The van der Waals surface area contributed by atoms with E-state index in [9.17, 15) is 4.79 Å². The maximum atomic E-state index is 12.3. The number of nitrogens with zero attached hydrogens (tertiary/aromatic N) is 2. The van der Waals surface area contributed by atoms with Crippen molar-refractivity contribution in [2.45, 2.75) is 19.5 Å². The van der Waals surface area contributed by atoms with E-state index in [1.165, 1.54) is 22.0 Å². The molecule has 2 aliphatic rings. The summed E-state index contributed by atoms with van der Waals surface area (Å²) in [5.41, 5.74) is 3.89. The predicted octanol–water partition coefficient (Wildman–Crippen LogP) is 2.10. The Balaban J connectivity index is 1.84. The number of para-hydroxylation sites is 1. The van der Waals surface area contributed by atoms with E-state index in [0.717, 1.165) is 13.1 Å². The SMILES string of the molecule is CCNC(=O)[C@H]1C=C2c3cccc4ccn(c34)C[C@H]2N(C)C1. The molecule has 1 aromatic heterocycles. The molecule has 4 nitrogen and oxygen atoms in total. The van der Waals surface area contributed by atoms with Gasteiger partial charge in [0.15, 0.2) is 0 Å². The second kappa shape index (κ2) is 4.99. The number of fused-ring (bicyclic) bond motifs is 2. The van der Waals surface area contributed by atoms with Crippen molar-refractivity contribution in [3.05, 3.63) is 42.1 Å². The molecular formula is C18H21N3O. The van der Waals surface area contributed by atoms with Crippen LogP contribution in [0.5, 0.6) is 0 Å². The molecule has 2 atom stereocenters. The number of benzene rings is 1. The average molecular weight is 295 g/mol. The van der Waals surface area contributed by atoms with Crippen molar-refractivity contribution in [2.24, 2.45) is 5.92 Å². The van der Waals surface area contributed by atoms with E-state index in [1.807, 2.05) is 6.92 Å². The van der Waals surface area contributed by atoms with Gasteiger partial charge in [0, 0.05) is 36.8 Å². The first-order chi connectivity index (χ1) is 10.7. The molecule has 1 aromatic carbocycles. The molecule has 2 aromatic rings. The van der Waals surface area contributed by atoms with Gasteiger partial charge in [0.05, 0.1) is 17.5 Å². The largest absolute Gasteiger partial charge is 0.356 e. The number of carbonyl (C=O) groups excluding carboxylic acids is 1. The first kappa shape index (κ1) is 13.6. The zero-order valence-corrected chi connectivity index (χ0v) is 13.0. The fourth-order valence-electron chi connectivity index (χ4n) is 3.86. The van der Waals surface area contributed by atoms with Crippen LogP contribution in [0.2, 0.25) is 0 Å². The standard InChI is InChI=1S/C18H21N3O/c1-3-19-18(22)13-9-15-14-6-4-5-12-7-8-21(17(12)14)11-16(15)20(2)10-13/h4-9,13,16H,3,10-11H2,1-2H3,(H,19,22)/t13-,16+/m0/s1. The normalized spacial score (nSPS) is 24.0. The van der Waals surface area contributed by atoms with Gasteiger partial charge in [-0.05, 0) is 25.6 Å². The molecule has 0 unspecified atom stereocenters. The lowest BCUT2D eigenvalue weighted by molar-refractivity contribution is -0.124. The fourth-order valence-corrected chi connectivity index (χ4v) is 3.86. The molecular weight excluding hydrogens is 274 g/mol. The van der Waals surface area contributed by atoms with Crippen molar-refractivity contribution in [1.29, 1.82) is 0 Å². The van der Waals surface area contributed by atoms with Gasteiger partial charge < -0.3 is 9.88 Å². The van der Waals surface area contributed by atoms with Gasteiger partial charge in [-0.15, -0.1) is 0 Å². The lowest BCUT2D eigenvalue weighted by Crippen LogP contribution is -2.47. The molecule has 0 radical (unpaired) electrons. The Hall–Kier alpha value is -2.07. The van der Waals surface area contributed by atoms with Crippen LogP contribution >= 0.6 is 0 Å². The Labute approximate surface area is 130 Å². The van der Waals surface area contributed by atoms with Gasteiger partial charge in [0.25, 0.3) is 0 Å². The molecule has 3 heterocycles. The quantitative estimate of drug-likeness (QED) is 0.921. The van der Waals surface area contributed by atoms with Gasteiger partial charge in [-0.3, -0.25) is 9.69 Å². The van der Waals surface area contributed by atoms with E-state index in [4.69, 9.17) is 0 Å². The minimum absolute atomic E-state index is 0.0621. The summed E-state index contributed by atoms with van der Waals surface area (Å²) in [5.74, 6) is 0.0707. The van der Waals surface area contributed by atoms with Crippen LogP contribution < -0.4 is 5.32 Å². The van der Waals surface area contributed by atoms with Gasteiger partial charge in [0.1, 0.15) is 0 Å². The van der Waals surface area contributed by atoms with Crippen LogP contribution in [0.3, 0.4) is 0 Å². The second-order valence-electron chi connectivity index (χ2n) is 6.29. The average Bonchev–Trinajstić information content (AvgIpc) is 2.93. The lowest BCUT2D eigenvalue weighted by atomic mass is 9.85. The highest BCUT2D eigenvalue weighted by atomic mass is 16.1. The molecule has 2 aliphatic heterocycles. The van der Waals surface area contributed by atoms with Crippen LogP contribution in [0.4, 0.5) is 0 Å². The van der Waals surface area contributed by atoms with Crippen molar-refractivity contribution >= 4 is 22.4 Å². The van der Waals surface area contributed by atoms with Crippen molar-refractivity contribution < 1.29 is 4.79 Å². The molecule has 4 rings (SSSR count). The first-order valence-electron chi connectivity index (χ1n) is 7.97. The summed E-state index contributed by atoms with van der Waals surface area (Å²) in [4.78, 5) is 14.6. The number of rotatable bonds is 2. The topological polar surface area (TPSA) is 37.3 Å². The highest BCUT2D eigenvalue weighted by molar-refractivity contribution is 5.96. The summed E-state index contributed by atoms with van der Waals surface area (Å²) in [6.07, 6.45) is 4.37. The number of nitrogens with one attached hydrogen (secondary N) is 1. The van der Waals surface area contributed by atoms with Crippen molar-refractivity contribution in [1.82, 2.24) is 14.8 Å². The molecule has 1 amide bonds. The summed E-state index contributed by atoms with van der Waals surface area (Å²) >= 11 is 0. The third-order valence-electron chi connectivity index (χ3n) is 4.91. The molecule has 1 N–H and O–H groups in total. The number of amides is 1. The molecule has 0 fully saturated rings. The van der Waals surface area contributed by atoms with Crippen LogP contribution in [-0.4, -0.2) is 41.6 Å². The zero-order valence-electron chi connectivity index (χ0n) is 13.0. The third kappa shape index (κ3) is 1.91. The molecule has 0 spiro atoms. The second-order valence-corrected chi connectivity index (χ2v) is 6.29. The maximum absolute atomic E-state index is 12.3. The number of carbonyl (C=O) groups is 1. The lowest BCUT2D eigenvalue weighted by Gasteiger charge is -2.40.